The highest BCUT2D eigenvalue weighted by Crippen LogP contribution is 2.30. The molecule has 1 aromatic heterocycles. The predicted octanol–water partition coefficient (Wildman–Crippen LogP) is 1.64. The first-order chi connectivity index (χ1) is 12.4. The van der Waals surface area contributed by atoms with E-state index in [2.05, 4.69) is 10.3 Å². The van der Waals surface area contributed by atoms with Crippen LogP contribution in [0.4, 0.5) is 0 Å². The highest BCUT2D eigenvalue weighted by molar-refractivity contribution is 5.82. The summed E-state index contributed by atoms with van der Waals surface area (Å²) in [7, 11) is 0. The number of ether oxygens (including phenoxy) is 1. The molecule has 26 heavy (non-hydrogen) atoms. The van der Waals surface area contributed by atoms with Crippen molar-refractivity contribution < 1.29 is 9.53 Å². The highest BCUT2D eigenvalue weighted by atomic mass is 16.5. The molecule has 1 unspecified atom stereocenters. The topological polar surface area (TPSA) is 86.3 Å². The van der Waals surface area contributed by atoms with Crippen LogP contribution >= 0.6 is 0 Å². The quantitative estimate of drug-likeness (QED) is 0.904. The van der Waals surface area contributed by atoms with Gasteiger partial charge in [-0.25, -0.2) is 4.68 Å². The van der Waals surface area contributed by atoms with Crippen molar-refractivity contribution in [3.05, 3.63) is 41.7 Å². The monoisotopic (exact) mass is 355 g/mol. The van der Waals surface area contributed by atoms with E-state index in [0.717, 1.165) is 29.8 Å². The van der Waals surface area contributed by atoms with E-state index in [4.69, 9.17) is 10.5 Å². The molecule has 0 radical (unpaired) electrons. The maximum Gasteiger partial charge on any atom is 0.263 e. The second-order valence-corrected chi connectivity index (χ2v) is 7.78. The normalized spacial score (nSPS) is 20.7. The lowest BCUT2D eigenvalue weighted by Crippen LogP contribution is -2.45. The zero-order valence-electron chi connectivity index (χ0n) is 15.3. The van der Waals surface area contributed by atoms with Crippen molar-refractivity contribution in [1.82, 2.24) is 19.9 Å². The molecule has 1 aromatic carbocycles. The van der Waals surface area contributed by atoms with Crippen molar-refractivity contribution in [3.63, 3.8) is 0 Å². The van der Waals surface area contributed by atoms with Crippen LogP contribution in [0, 0.1) is 0 Å². The van der Waals surface area contributed by atoms with Crippen LogP contribution in [-0.4, -0.2) is 45.0 Å². The third-order valence-electron chi connectivity index (χ3n) is 5.24. The molecule has 2 aliphatic rings. The minimum absolute atomic E-state index is 0.0852. The van der Waals surface area contributed by atoms with E-state index >= 15 is 0 Å². The molecule has 0 aliphatic carbocycles. The first-order valence-corrected chi connectivity index (χ1v) is 9.16. The number of hydrogen-bond donors (Lipinski definition) is 1. The predicted molar refractivity (Wildman–Crippen MR) is 96.6 cm³/mol. The Bertz CT molecular complexity index is 777. The number of carbonyl (C=O) groups is 1. The van der Waals surface area contributed by atoms with Gasteiger partial charge in [0.05, 0.1) is 17.8 Å². The number of aromatic nitrogens is 3. The van der Waals surface area contributed by atoms with Gasteiger partial charge in [-0.2, -0.15) is 0 Å². The van der Waals surface area contributed by atoms with Gasteiger partial charge in [-0.3, -0.25) is 4.79 Å². The minimum Gasteiger partial charge on any atom is -0.480 e. The summed E-state index contributed by atoms with van der Waals surface area (Å²) < 4.78 is 7.74. The van der Waals surface area contributed by atoms with Crippen molar-refractivity contribution in [2.75, 3.05) is 13.1 Å². The molecule has 2 N–H and O–H groups in total. The third-order valence-corrected chi connectivity index (χ3v) is 5.24. The molecule has 1 fully saturated rings. The summed E-state index contributed by atoms with van der Waals surface area (Å²) in [6.07, 6.45) is 3.92. The molecule has 7 heteroatoms. The number of benzene rings is 1. The van der Waals surface area contributed by atoms with Gasteiger partial charge in [-0.05, 0) is 38.3 Å². The smallest absolute Gasteiger partial charge is 0.263 e. The fraction of sp³-hybridized carbons (Fsp3) is 0.526. The van der Waals surface area contributed by atoms with Crippen LogP contribution in [-0.2, 0) is 16.8 Å². The SMILES string of the molecule is CC(C)(N)c1cn(C2CCN(C(=O)C3Cc4ccccc4O3)CC2)nn1. The van der Waals surface area contributed by atoms with E-state index in [9.17, 15) is 4.79 Å². The van der Waals surface area contributed by atoms with Crippen LogP contribution in [0.15, 0.2) is 30.5 Å². The van der Waals surface area contributed by atoms with Gasteiger partial charge in [0.25, 0.3) is 5.91 Å². The largest absolute Gasteiger partial charge is 0.480 e. The maximum atomic E-state index is 12.8. The van der Waals surface area contributed by atoms with E-state index in [0.29, 0.717) is 19.5 Å². The van der Waals surface area contributed by atoms with Crippen molar-refractivity contribution in [3.8, 4) is 5.75 Å². The molecule has 0 saturated carbocycles. The van der Waals surface area contributed by atoms with E-state index < -0.39 is 5.54 Å². The Morgan fingerprint density at radius 1 is 1.27 bits per heavy atom. The van der Waals surface area contributed by atoms with E-state index in [1.54, 1.807) is 0 Å². The number of nitrogens with zero attached hydrogens (tertiary/aromatic N) is 4. The summed E-state index contributed by atoms with van der Waals surface area (Å²) in [5, 5.41) is 8.43. The summed E-state index contributed by atoms with van der Waals surface area (Å²) in [6.45, 7) is 5.26. The second kappa shape index (κ2) is 6.39. The first kappa shape index (κ1) is 17.0. The Hall–Kier alpha value is -2.41. The summed E-state index contributed by atoms with van der Waals surface area (Å²) in [5.41, 5.74) is 7.49. The Balaban J connectivity index is 1.35. The lowest BCUT2D eigenvalue weighted by atomic mass is 10.0. The molecular weight excluding hydrogens is 330 g/mol. The number of rotatable bonds is 3. The number of hydrogen-bond acceptors (Lipinski definition) is 5. The van der Waals surface area contributed by atoms with E-state index in [1.807, 2.05) is 53.9 Å². The van der Waals surface area contributed by atoms with Gasteiger partial charge in [0.15, 0.2) is 6.10 Å². The lowest BCUT2D eigenvalue weighted by Gasteiger charge is -2.33. The molecule has 138 valence electrons. The average Bonchev–Trinajstić information content (AvgIpc) is 3.28. The maximum absolute atomic E-state index is 12.8. The third kappa shape index (κ3) is 3.19. The van der Waals surface area contributed by atoms with Crippen molar-refractivity contribution in [1.29, 1.82) is 0 Å². The van der Waals surface area contributed by atoms with Gasteiger partial charge in [0.1, 0.15) is 11.4 Å². The number of fused-ring (bicyclic) bond motifs is 1. The van der Waals surface area contributed by atoms with Crippen LogP contribution < -0.4 is 10.5 Å². The number of para-hydroxylation sites is 1. The molecule has 4 rings (SSSR count). The summed E-state index contributed by atoms with van der Waals surface area (Å²) in [4.78, 5) is 14.7. The Morgan fingerprint density at radius 2 is 2.00 bits per heavy atom. The number of carbonyl (C=O) groups excluding carboxylic acids is 1. The van der Waals surface area contributed by atoms with Crippen LogP contribution in [0.3, 0.4) is 0 Å². The fourth-order valence-electron chi connectivity index (χ4n) is 3.62. The number of piperidine rings is 1. The van der Waals surface area contributed by atoms with Gasteiger partial charge in [0.2, 0.25) is 0 Å². The Kier molecular flexibility index (Phi) is 4.19. The minimum atomic E-state index is -0.496. The van der Waals surface area contributed by atoms with Crippen LogP contribution in [0.25, 0.3) is 0 Å². The average molecular weight is 355 g/mol. The van der Waals surface area contributed by atoms with Crippen LogP contribution in [0.2, 0.25) is 0 Å². The lowest BCUT2D eigenvalue weighted by molar-refractivity contribution is -0.139. The molecule has 1 atom stereocenters. The van der Waals surface area contributed by atoms with Gasteiger partial charge >= 0.3 is 0 Å². The second-order valence-electron chi connectivity index (χ2n) is 7.78. The zero-order valence-corrected chi connectivity index (χ0v) is 15.3. The number of amides is 1. The molecule has 2 aliphatic heterocycles. The van der Waals surface area contributed by atoms with E-state index in [-0.39, 0.29) is 18.1 Å². The molecule has 0 bridgehead atoms. The zero-order chi connectivity index (χ0) is 18.3. The summed E-state index contributed by atoms with van der Waals surface area (Å²) in [5.74, 6) is 0.919. The van der Waals surface area contributed by atoms with Gasteiger partial charge < -0.3 is 15.4 Å². The van der Waals surface area contributed by atoms with Crippen LogP contribution in [0.1, 0.15) is 44.0 Å². The van der Waals surface area contributed by atoms with Gasteiger partial charge in [0, 0.05) is 19.5 Å². The molecule has 3 heterocycles. The fourth-order valence-corrected chi connectivity index (χ4v) is 3.62. The van der Waals surface area contributed by atoms with Gasteiger partial charge in [-0.15, -0.1) is 5.10 Å². The van der Waals surface area contributed by atoms with Crippen molar-refractivity contribution in [2.24, 2.45) is 5.73 Å². The summed E-state index contributed by atoms with van der Waals surface area (Å²) >= 11 is 0. The van der Waals surface area contributed by atoms with Gasteiger partial charge in [-0.1, -0.05) is 23.4 Å². The molecule has 2 aromatic rings. The standard InChI is InChI=1S/C19H25N5O2/c1-19(2,20)17-12-24(22-21-17)14-7-9-23(10-8-14)18(25)16-11-13-5-3-4-6-15(13)26-16/h3-6,12,14,16H,7-11,20H2,1-2H3. The number of nitrogens with two attached hydrogens (primary N) is 1. The first-order valence-electron chi connectivity index (χ1n) is 9.16. The van der Waals surface area contributed by atoms with E-state index in [1.165, 1.54) is 0 Å². The molecule has 7 nitrogen and oxygen atoms in total. The highest BCUT2D eigenvalue weighted by Gasteiger charge is 2.34. The Labute approximate surface area is 153 Å². The molecule has 0 spiro atoms. The molecule has 1 amide bonds. The summed E-state index contributed by atoms with van der Waals surface area (Å²) in [6, 6.07) is 8.12. The molecular formula is C19H25N5O2. The molecule has 1 saturated heterocycles. The van der Waals surface area contributed by atoms with Crippen LogP contribution in [0.5, 0.6) is 5.75 Å². The van der Waals surface area contributed by atoms with Crippen molar-refractivity contribution >= 4 is 5.91 Å². The number of likely N-dealkylation sites (tertiary alicyclic amines) is 1. The Morgan fingerprint density at radius 3 is 2.65 bits per heavy atom. The van der Waals surface area contributed by atoms with Crippen molar-refractivity contribution in [2.45, 2.75) is 50.8 Å².